The summed E-state index contributed by atoms with van der Waals surface area (Å²) in [7, 11) is 0. The molecule has 7 unspecified atom stereocenters. The van der Waals surface area contributed by atoms with E-state index >= 15 is 0 Å². The van der Waals surface area contributed by atoms with Crippen molar-refractivity contribution < 1.29 is 28.6 Å². The Morgan fingerprint density at radius 2 is 1.79 bits per heavy atom. The number of rotatable bonds is 8. The predicted octanol–water partition coefficient (Wildman–Crippen LogP) is 6.88. The second-order valence-electron chi connectivity index (χ2n) is 16.5. The number of furan rings is 1. The fourth-order valence-corrected chi connectivity index (χ4v) is 10.8. The van der Waals surface area contributed by atoms with Crippen LogP contribution in [0.15, 0.2) is 89.2 Å². The summed E-state index contributed by atoms with van der Waals surface area (Å²) in [6.07, 6.45) is 10.8. The summed E-state index contributed by atoms with van der Waals surface area (Å²) in [6.45, 7) is 4.66. The van der Waals surface area contributed by atoms with Crippen molar-refractivity contribution in [3.05, 3.63) is 107 Å². The lowest BCUT2D eigenvalue weighted by Gasteiger charge is -2.60. The molecule has 5 aliphatic carbocycles. The van der Waals surface area contributed by atoms with E-state index in [4.69, 9.17) is 14.3 Å². The topological polar surface area (TPSA) is 136 Å². The number of aliphatic hydroxyl groups is 1. The molecule has 0 saturated heterocycles. The molecule has 3 N–H and O–H groups in total. The number of fused-ring (bicyclic) bond motifs is 6. The van der Waals surface area contributed by atoms with E-state index in [0.29, 0.717) is 25.8 Å². The van der Waals surface area contributed by atoms with Crippen LogP contribution in [0, 0.1) is 34.5 Å². The van der Waals surface area contributed by atoms with Crippen LogP contribution in [0.5, 0.6) is 0 Å². The van der Waals surface area contributed by atoms with Crippen molar-refractivity contribution in [3.8, 4) is 5.69 Å². The summed E-state index contributed by atoms with van der Waals surface area (Å²) in [5, 5.41) is 23.3. The number of nitrogens with one attached hydrogen (secondary N) is 2. The second-order valence-corrected chi connectivity index (χ2v) is 16.5. The highest BCUT2D eigenvalue weighted by Gasteiger charge is 2.71. The van der Waals surface area contributed by atoms with Crippen molar-refractivity contribution in [2.45, 2.75) is 83.5 Å². The van der Waals surface area contributed by atoms with Gasteiger partial charge in [0.2, 0.25) is 11.7 Å². The van der Waals surface area contributed by atoms with E-state index in [0.717, 1.165) is 60.3 Å². The third kappa shape index (κ3) is 5.47. The number of hydrogen-bond donors (Lipinski definition) is 3. The Labute approximate surface area is 309 Å². The average molecular weight is 715 g/mol. The summed E-state index contributed by atoms with van der Waals surface area (Å²) < 4.78 is 13.7. The summed E-state index contributed by atoms with van der Waals surface area (Å²) >= 11 is 0. The Balaban J connectivity index is 0.994. The van der Waals surface area contributed by atoms with Gasteiger partial charge in [0.15, 0.2) is 5.60 Å². The molecule has 0 radical (unpaired) electrons. The minimum Gasteiger partial charge on any atom is -0.457 e. The van der Waals surface area contributed by atoms with Gasteiger partial charge in [-0.05, 0) is 128 Å². The number of allylic oxidation sites excluding steroid dienone is 1. The number of aromatic nitrogens is 2. The number of aliphatic hydroxyl groups excluding tert-OH is 1. The zero-order valence-electron chi connectivity index (χ0n) is 30.2. The number of carbonyl (C=O) groups excluding carboxylic acids is 3. The van der Waals surface area contributed by atoms with E-state index in [1.54, 1.807) is 12.1 Å². The summed E-state index contributed by atoms with van der Waals surface area (Å²) in [5.74, 6) is -0.552. The molecule has 7 atom stereocenters. The average Bonchev–Trinajstić information content (AvgIpc) is 3.57. The maximum absolute atomic E-state index is 14.5. The Morgan fingerprint density at radius 3 is 2.53 bits per heavy atom. The zero-order valence-corrected chi connectivity index (χ0v) is 30.2. The maximum Gasteiger partial charge on any atom is 0.375 e. The van der Waals surface area contributed by atoms with Crippen LogP contribution < -0.4 is 10.6 Å². The molecule has 2 aromatic heterocycles. The monoisotopic (exact) mass is 714 g/mol. The summed E-state index contributed by atoms with van der Waals surface area (Å²) in [6, 6.07) is 20.7. The van der Waals surface area contributed by atoms with E-state index in [2.05, 4.69) is 30.6 Å². The highest BCUT2D eigenvalue weighted by Crippen LogP contribution is 2.68. The third-order valence-corrected chi connectivity index (χ3v) is 13.5. The molecule has 0 bridgehead atoms. The van der Waals surface area contributed by atoms with Crippen LogP contribution in [-0.4, -0.2) is 44.4 Å². The first-order chi connectivity index (χ1) is 25.6. The molecule has 0 aliphatic heterocycles. The molecule has 2 amide bonds. The SMILES string of the molecule is CC12Cc3cnn(-c4ccc(NC(=O)C5CC5)cc4)c3C=C1CCC1C2C(O)CC2(C)C1CCC2(OC(=O)c1ccco1)C(=O)NCc1ccccc1. The zero-order chi connectivity index (χ0) is 36.5. The molecule has 53 heavy (non-hydrogen) atoms. The molecule has 274 valence electrons. The van der Waals surface area contributed by atoms with Gasteiger partial charge in [-0.15, -0.1) is 0 Å². The quantitative estimate of drug-likeness (QED) is 0.169. The fourth-order valence-electron chi connectivity index (χ4n) is 10.8. The van der Waals surface area contributed by atoms with E-state index in [1.165, 1.54) is 11.8 Å². The number of esters is 1. The molecule has 10 nitrogen and oxygen atoms in total. The number of anilines is 1. The third-order valence-electron chi connectivity index (χ3n) is 13.5. The minimum absolute atomic E-state index is 0.0320. The molecule has 4 saturated carbocycles. The molecule has 4 fully saturated rings. The Hall–Kier alpha value is -4.96. The molecule has 0 spiro atoms. The Bertz CT molecular complexity index is 2090. The molecular formula is C43H46N4O6. The van der Waals surface area contributed by atoms with E-state index in [1.807, 2.05) is 65.5 Å². The lowest BCUT2D eigenvalue weighted by Crippen LogP contribution is -2.64. The van der Waals surface area contributed by atoms with Gasteiger partial charge >= 0.3 is 5.97 Å². The van der Waals surface area contributed by atoms with Crippen LogP contribution in [0.4, 0.5) is 5.69 Å². The number of carbonyl (C=O) groups is 3. The van der Waals surface area contributed by atoms with Gasteiger partial charge in [-0.3, -0.25) is 9.59 Å². The predicted molar refractivity (Wildman–Crippen MR) is 198 cm³/mol. The van der Waals surface area contributed by atoms with Crippen molar-refractivity contribution >= 4 is 29.5 Å². The fraction of sp³-hybridized carbons (Fsp3) is 0.442. The maximum atomic E-state index is 14.5. The van der Waals surface area contributed by atoms with Gasteiger partial charge < -0.3 is 24.9 Å². The van der Waals surface area contributed by atoms with Crippen LogP contribution in [-0.2, 0) is 27.3 Å². The van der Waals surface area contributed by atoms with Crippen LogP contribution in [0.1, 0.15) is 86.2 Å². The Morgan fingerprint density at radius 1 is 1.00 bits per heavy atom. The van der Waals surface area contributed by atoms with Gasteiger partial charge in [0.05, 0.1) is 29.9 Å². The van der Waals surface area contributed by atoms with Gasteiger partial charge in [0, 0.05) is 23.6 Å². The lowest BCUT2D eigenvalue weighted by atomic mass is 9.45. The van der Waals surface area contributed by atoms with Gasteiger partial charge in [-0.25, -0.2) is 9.48 Å². The van der Waals surface area contributed by atoms with Crippen molar-refractivity contribution in [2.75, 3.05) is 5.32 Å². The largest absolute Gasteiger partial charge is 0.457 e. The number of nitrogens with zero attached hydrogens (tertiary/aromatic N) is 2. The Kier molecular flexibility index (Phi) is 8.03. The van der Waals surface area contributed by atoms with Crippen molar-refractivity contribution in [2.24, 2.45) is 34.5 Å². The number of hydrogen-bond acceptors (Lipinski definition) is 7. The van der Waals surface area contributed by atoms with Gasteiger partial charge in [-0.1, -0.05) is 49.8 Å². The van der Waals surface area contributed by atoms with E-state index in [-0.39, 0.29) is 46.7 Å². The summed E-state index contributed by atoms with van der Waals surface area (Å²) in [4.78, 5) is 40.3. The first kappa shape index (κ1) is 33.8. The molecule has 2 heterocycles. The second kappa shape index (κ2) is 12.6. The molecule has 10 heteroatoms. The van der Waals surface area contributed by atoms with Gasteiger partial charge in [0.1, 0.15) is 0 Å². The highest BCUT2D eigenvalue weighted by atomic mass is 16.6. The van der Waals surface area contributed by atoms with E-state index in [9.17, 15) is 19.5 Å². The van der Waals surface area contributed by atoms with Crippen molar-refractivity contribution in [1.82, 2.24) is 15.1 Å². The molecule has 4 aromatic rings. The first-order valence-electron chi connectivity index (χ1n) is 19.1. The van der Waals surface area contributed by atoms with Crippen LogP contribution in [0.2, 0.25) is 0 Å². The normalized spacial score (nSPS) is 31.3. The summed E-state index contributed by atoms with van der Waals surface area (Å²) in [5.41, 5.74) is 3.60. The van der Waals surface area contributed by atoms with Gasteiger partial charge in [0.25, 0.3) is 5.91 Å². The first-order valence-corrected chi connectivity index (χ1v) is 19.1. The van der Waals surface area contributed by atoms with Crippen molar-refractivity contribution in [3.63, 3.8) is 0 Å². The van der Waals surface area contributed by atoms with Crippen LogP contribution >= 0.6 is 0 Å². The number of benzene rings is 2. The van der Waals surface area contributed by atoms with Crippen molar-refractivity contribution in [1.29, 1.82) is 0 Å². The smallest absolute Gasteiger partial charge is 0.375 e. The van der Waals surface area contributed by atoms with Gasteiger partial charge in [-0.2, -0.15) is 5.10 Å². The lowest BCUT2D eigenvalue weighted by molar-refractivity contribution is -0.182. The standard InChI is InChI=1S/C43H46N4O6/c1-41-22-28-25-45-47(31-15-13-30(14-16-31)46-38(49)27-10-11-27)34(28)21-29(41)12-17-32-33-18-19-43(42(33,2)23-35(48)37(32)41,53-39(50)36-9-6-20-52-36)40(51)44-24-26-7-4-3-5-8-26/h3-9,13-16,20-21,25,27,32-33,35,37,48H,10-12,17-19,22-24H2,1-2H3,(H,44,51)(H,46,49). The number of ether oxygens (including phenoxy) is 1. The van der Waals surface area contributed by atoms with Crippen LogP contribution in [0.25, 0.3) is 11.8 Å². The molecule has 5 aliphatic rings. The minimum atomic E-state index is -1.48. The molecular weight excluding hydrogens is 668 g/mol. The molecule has 9 rings (SSSR count). The van der Waals surface area contributed by atoms with E-state index < -0.39 is 23.1 Å². The highest BCUT2D eigenvalue weighted by molar-refractivity contribution is 5.94. The molecule has 2 aromatic carbocycles. The van der Waals surface area contributed by atoms with Crippen LogP contribution in [0.3, 0.4) is 0 Å². The number of amides is 2.